The maximum absolute atomic E-state index is 12.6. The van der Waals surface area contributed by atoms with Crippen LogP contribution in [-0.4, -0.2) is 53.1 Å². The number of benzene rings is 1. The third kappa shape index (κ3) is 4.62. The Morgan fingerprint density at radius 1 is 1.24 bits per heavy atom. The van der Waals surface area contributed by atoms with Crippen molar-refractivity contribution in [1.29, 1.82) is 0 Å². The third-order valence-corrected chi connectivity index (χ3v) is 6.57. The molecule has 1 saturated heterocycles. The standard InChI is InChI=1S/C18H23N5O5S/c1-13-18(23(25)26)14(2)22(19-13)12-17(24)21-10-8-15(9-11-21)20-29(27,28)16-6-4-3-5-7-16/h3-7,15,20H,8-12H2,1-2H3. The molecule has 2 aromatic rings. The van der Waals surface area contributed by atoms with Crippen LogP contribution < -0.4 is 4.72 Å². The summed E-state index contributed by atoms with van der Waals surface area (Å²) in [6.07, 6.45) is 0.990. The molecule has 1 aliphatic rings. The van der Waals surface area contributed by atoms with Crippen molar-refractivity contribution in [3.63, 3.8) is 0 Å². The Bertz CT molecular complexity index is 1010. The molecule has 1 fully saturated rings. The Balaban J connectivity index is 1.58. The van der Waals surface area contributed by atoms with E-state index in [1.165, 1.54) is 23.7 Å². The lowest BCUT2D eigenvalue weighted by atomic mass is 10.1. The number of aromatic nitrogens is 2. The number of hydrogen-bond acceptors (Lipinski definition) is 6. The zero-order chi connectivity index (χ0) is 21.2. The molecule has 0 unspecified atom stereocenters. The van der Waals surface area contributed by atoms with Gasteiger partial charge in [-0.3, -0.25) is 19.6 Å². The van der Waals surface area contributed by atoms with Gasteiger partial charge in [0.05, 0.1) is 9.82 Å². The predicted octanol–water partition coefficient (Wildman–Crippen LogP) is 1.38. The average molecular weight is 421 g/mol. The van der Waals surface area contributed by atoms with Crippen LogP contribution in [0.5, 0.6) is 0 Å². The molecule has 1 amide bonds. The number of likely N-dealkylation sites (tertiary alicyclic amines) is 1. The summed E-state index contributed by atoms with van der Waals surface area (Å²) in [5.74, 6) is -0.199. The summed E-state index contributed by atoms with van der Waals surface area (Å²) >= 11 is 0. The molecule has 2 heterocycles. The molecular formula is C18H23N5O5S. The summed E-state index contributed by atoms with van der Waals surface area (Å²) < 4.78 is 28.9. The first kappa shape index (κ1) is 20.9. The lowest BCUT2D eigenvalue weighted by Gasteiger charge is -2.32. The number of rotatable bonds is 6. The molecule has 11 heteroatoms. The summed E-state index contributed by atoms with van der Waals surface area (Å²) in [7, 11) is -3.59. The number of sulfonamides is 1. The largest absolute Gasteiger partial charge is 0.341 e. The van der Waals surface area contributed by atoms with Gasteiger partial charge in [0.15, 0.2) is 0 Å². The molecule has 0 aliphatic carbocycles. The molecule has 29 heavy (non-hydrogen) atoms. The number of hydrogen-bond donors (Lipinski definition) is 1. The zero-order valence-electron chi connectivity index (χ0n) is 16.2. The minimum atomic E-state index is -3.59. The van der Waals surface area contributed by atoms with Gasteiger partial charge in [-0.15, -0.1) is 0 Å². The Hall–Kier alpha value is -2.79. The maximum atomic E-state index is 12.6. The first-order valence-corrected chi connectivity index (χ1v) is 10.7. The van der Waals surface area contributed by atoms with Gasteiger partial charge in [-0.25, -0.2) is 13.1 Å². The van der Waals surface area contributed by atoms with Gasteiger partial charge in [-0.1, -0.05) is 18.2 Å². The first-order chi connectivity index (χ1) is 13.7. The lowest BCUT2D eigenvalue weighted by Crippen LogP contribution is -2.47. The molecule has 0 bridgehead atoms. The second-order valence-corrected chi connectivity index (χ2v) is 8.74. The molecule has 0 saturated carbocycles. The Labute approximate surface area is 168 Å². The summed E-state index contributed by atoms with van der Waals surface area (Å²) in [6.45, 7) is 3.83. The quantitative estimate of drug-likeness (QED) is 0.554. The van der Waals surface area contributed by atoms with Crippen LogP contribution in [0.15, 0.2) is 35.2 Å². The van der Waals surface area contributed by atoms with Crippen molar-refractivity contribution in [3.05, 3.63) is 51.8 Å². The number of amides is 1. The van der Waals surface area contributed by atoms with Gasteiger partial charge in [0, 0.05) is 19.1 Å². The van der Waals surface area contributed by atoms with E-state index in [1.807, 2.05) is 0 Å². The van der Waals surface area contributed by atoms with E-state index in [-0.39, 0.29) is 34.8 Å². The second kappa shape index (κ2) is 8.29. The lowest BCUT2D eigenvalue weighted by molar-refractivity contribution is -0.386. The van der Waals surface area contributed by atoms with E-state index in [0.717, 1.165) is 0 Å². The topological polar surface area (TPSA) is 127 Å². The Kier molecular flexibility index (Phi) is 5.99. The number of piperidine rings is 1. The summed E-state index contributed by atoms with van der Waals surface area (Å²) in [4.78, 5) is 25.0. The van der Waals surface area contributed by atoms with Crippen LogP contribution >= 0.6 is 0 Å². The Morgan fingerprint density at radius 2 is 1.86 bits per heavy atom. The van der Waals surface area contributed by atoms with Crippen molar-refractivity contribution in [3.8, 4) is 0 Å². The van der Waals surface area contributed by atoms with Gasteiger partial charge in [0.2, 0.25) is 15.9 Å². The van der Waals surface area contributed by atoms with Crippen molar-refractivity contribution in [1.82, 2.24) is 19.4 Å². The van der Waals surface area contributed by atoms with Gasteiger partial charge < -0.3 is 4.90 Å². The maximum Gasteiger partial charge on any atom is 0.312 e. The molecule has 156 valence electrons. The van der Waals surface area contributed by atoms with Crippen LogP contribution in [0.3, 0.4) is 0 Å². The third-order valence-electron chi connectivity index (χ3n) is 5.03. The highest BCUT2D eigenvalue weighted by Gasteiger charge is 2.28. The predicted molar refractivity (Wildman–Crippen MR) is 105 cm³/mol. The van der Waals surface area contributed by atoms with Gasteiger partial charge in [-0.2, -0.15) is 5.10 Å². The Morgan fingerprint density at radius 3 is 2.41 bits per heavy atom. The molecule has 1 aliphatic heterocycles. The van der Waals surface area contributed by atoms with Crippen LogP contribution in [0.1, 0.15) is 24.2 Å². The molecule has 1 N–H and O–H groups in total. The van der Waals surface area contributed by atoms with Crippen molar-refractivity contribution >= 4 is 21.6 Å². The molecule has 3 rings (SSSR count). The van der Waals surface area contributed by atoms with Crippen LogP contribution in [0, 0.1) is 24.0 Å². The smallest absolute Gasteiger partial charge is 0.312 e. The number of aryl methyl sites for hydroxylation is 1. The van der Waals surface area contributed by atoms with E-state index >= 15 is 0 Å². The average Bonchev–Trinajstić information content (AvgIpc) is 2.96. The molecule has 1 aromatic carbocycles. The molecule has 0 radical (unpaired) electrons. The number of nitro groups is 1. The summed E-state index contributed by atoms with van der Waals surface area (Å²) in [5.41, 5.74) is 0.535. The van der Waals surface area contributed by atoms with Crippen molar-refractivity contribution < 1.29 is 18.1 Å². The fraction of sp³-hybridized carbons (Fsp3) is 0.444. The van der Waals surface area contributed by atoms with E-state index in [1.54, 1.807) is 30.0 Å². The van der Waals surface area contributed by atoms with E-state index in [4.69, 9.17) is 0 Å². The normalized spacial score (nSPS) is 15.4. The minimum absolute atomic E-state index is 0.0770. The minimum Gasteiger partial charge on any atom is -0.341 e. The van der Waals surface area contributed by atoms with Crippen LogP contribution in [0.25, 0.3) is 0 Å². The molecule has 0 spiro atoms. The number of carbonyl (C=O) groups excluding carboxylic acids is 1. The van der Waals surface area contributed by atoms with Gasteiger partial charge in [0.25, 0.3) is 0 Å². The highest BCUT2D eigenvalue weighted by Crippen LogP contribution is 2.22. The van der Waals surface area contributed by atoms with Gasteiger partial charge in [0.1, 0.15) is 17.9 Å². The molecular weight excluding hydrogens is 398 g/mol. The van der Waals surface area contributed by atoms with E-state index in [9.17, 15) is 23.3 Å². The summed E-state index contributed by atoms with van der Waals surface area (Å²) in [6, 6.07) is 7.90. The number of nitrogens with zero attached hydrogens (tertiary/aromatic N) is 4. The highest BCUT2D eigenvalue weighted by molar-refractivity contribution is 7.89. The van der Waals surface area contributed by atoms with Crippen LogP contribution in [-0.2, 0) is 21.4 Å². The van der Waals surface area contributed by atoms with Crippen molar-refractivity contribution in [2.24, 2.45) is 0 Å². The second-order valence-electron chi connectivity index (χ2n) is 7.02. The molecule has 0 atom stereocenters. The number of carbonyl (C=O) groups is 1. The number of nitrogens with one attached hydrogen (secondary N) is 1. The monoisotopic (exact) mass is 421 g/mol. The molecule has 10 nitrogen and oxygen atoms in total. The van der Waals surface area contributed by atoms with Gasteiger partial charge in [-0.05, 0) is 38.8 Å². The van der Waals surface area contributed by atoms with E-state index in [0.29, 0.717) is 31.6 Å². The fourth-order valence-electron chi connectivity index (χ4n) is 3.47. The van der Waals surface area contributed by atoms with Crippen molar-refractivity contribution in [2.75, 3.05) is 13.1 Å². The van der Waals surface area contributed by atoms with Crippen LogP contribution in [0.4, 0.5) is 5.69 Å². The summed E-state index contributed by atoms with van der Waals surface area (Å²) in [5, 5.41) is 15.2. The highest BCUT2D eigenvalue weighted by atomic mass is 32.2. The first-order valence-electron chi connectivity index (χ1n) is 9.22. The van der Waals surface area contributed by atoms with E-state index < -0.39 is 14.9 Å². The van der Waals surface area contributed by atoms with E-state index in [2.05, 4.69) is 9.82 Å². The SMILES string of the molecule is Cc1nn(CC(=O)N2CCC(NS(=O)(=O)c3ccccc3)CC2)c(C)c1[N+](=O)[O-]. The fourth-order valence-corrected chi connectivity index (χ4v) is 4.79. The van der Waals surface area contributed by atoms with Crippen molar-refractivity contribution in [2.45, 2.75) is 44.2 Å². The molecule has 1 aromatic heterocycles. The van der Waals surface area contributed by atoms with Gasteiger partial charge >= 0.3 is 5.69 Å². The van der Waals surface area contributed by atoms with Crippen LogP contribution in [0.2, 0.25) is 0 Å². The zero-order valence-corrected chi connectivity index (χ0v) is 17.1.